The summed E-state index contributed by atoms with van der Waals surface area (Å²) in [7, 11) is 4.17. The van der Waals surface area contributed by atoms with E-state index in [9.17, 15) is 0 Å². The Morgan fingerprint density at radius 1 is 1.29 bits per heavy atom. The monoisotopic (exact) mass is 190 g/mol. The molecule has 1 aromatic rings. The zero-order valence-electron chi connectivity index (χ0n) is 9.22. The van der Waals surface area contributed by atoms with Gasteiger partial charge in [-0.2, -0.15) is 0 Å². The van der Waals surface area contributed by atoms with E-state index in [4.69, 9.17) is 0 Å². The van der Waals surface area contributed by atoms with Crippen molar-refractivity contribution < 1.29 is 0 Å². The first-order valence-electron chi connectivity index (χ1n) is 5.19. The molecule has 2 nitrogen and oxygen atoms in total. The molecule has 0 radical (unpaired) electrons. The molecule has 1 aliphatic rings. The molecule has 1 aromatic carbocycles. The van der Waals surface area contributed by atoms with Crippen molar-refractivity contribution in [3.63, 3.8) is 0 Å². The van der Waals surface area contributed by atoms with E-state index in [-0.39, 0.29) is 0 Å². The number of anilines is 1. The fraction of sp³-hybridized carbons (Fsp3) is 0.500. The number of likely N-dealkylation sites (N-methyl/N-ethyl adjacent to an activating group) is 1. The van der Waals surface area contributed by atoms with E-state index in [2.05, 4.69) is 36.3 Å². The number of hydrogen-bond donors (Lipinski definition) is 1. The van der Waals surface area contributed by atoms with Crippen LogP contribution in [0.5, 0.6) is 0 Å². The highest BCUT2D eigenvalue weighted by Crippen LogP contribution is 2.24. The van der Waals surface area contributed by atoms with Crippen LogP contribution in [0.15, 0.2) is 12.1 Å². The largest absolute Gasteiger partial charge is 0.388 e. The molecule has 2 rings (SSSR count). The number of rotatable bonds is 1. The molecule has 0 amide bonds. The molecule has 1 heterocycles. The standard InChI is InChI=1S/C12H18N2/c1-9-6-11-8-14(3)5-4-10(11)7-12(9)13-2/h6-7,13H,4-5,8H2,1-3H3. The molecule has 1 N–H and O–H groups in total. The molecule has 0 saturated heterocycles. The van der Waals surface area contributed by atoms with Crippen molar-refractivity contribution in [2.24, 2.45) is 0 Å². The lowest BCUT2D eigenvalue weighted by molar-refractivity contribution is 0.313. The van der Waals surface area contributed by atoms with Gasteiger partial charge in [0, 0.05) is 25.8 Å². The van der Waals surface area contributed by atoms with Gasteiger partial charge in [0.2, 0.25) is 0 Å². The quantitative estimate of drug-likeness (QED) is 0.729. The molecule has 0 aliphatic carbocycles. The Bertz CT molecular complexity index is 344. The lowest BCUT2D eigenvalue weighted by atomic mass is 9.97. The summed E-state index contributed by atoms with van der Waals surface area (Å²) in [6.45, 7) is 4.44. The zero-order valence-corrected chi connectivity index (χ0v) is 9.22. The second kappa shape index (κ2) is 3.62. The Hall–Kier alpha value is -1.02. The molecule has 0 unspecified atom stereocenters. The first-order chi connectivity index (χ1) is 6.70. The highest BCUT2D eigenvalue weighted by Gasteiger charge is 2.14. The van der Waals surface area contributed by atoms with Crippen LogP contribution in [0.1, 0.15) is 16.7 Å². The molecule has 14 heavy (non-hydrogen) atoms. The molecule has 2 heteroatoms. The summed E-state index contributed by atoms with van der Waals surface area (Å²) in [5.74, 6) is 0. The average Bonchev–Trinajstić information content (AvgIpc) is 2.16. The summed E-state index contributed by atoms with van der Waals surface area (Å²) in [5.41, 5.74) is 5.63. The number of benzene rings is 1. The normalized spacial score (nSPS) is 16.5. The third-order valence-corrected chi connectivity index (χ3v) is 3.02. The molecule has 0 bridgehead atoms. The lowest BCUT2D eigenvalue weighted by Crippen LogP contribution is -2.26. The lowest BCUT2D eigenvalue weighted by Gasteiger charge is -2.26. The second-order valence-corrected chi connectivity index (χ2v) is 4.17. The number of nitrogens with zero attached hydrogens (tertiary/aromatic N) is 1. The molecule has 0 aromatic heterocycles. The summed E-state index contributed by atoms with van der Waals surface area (Å²) >= 11 is 0. The fourth-order valence-corrected chi connectivity index (χ4v) is 2.14. The van der Waals surface area contributed by atoms with Crippen molar-refractivity contribution in [3.8, 4) is 0 Å². The van der Waals surface area contributed by atoms with Gasteiger partial charge in [-0.3, -0.25) is 0 Å². The van der Waals surface area contributed by atoms with Crippen LogP contribution in [0, 0.1) is 6.92 Å². The first-order valence-corrected chi connectivity index (χ1v) is 5.19. The number of fused-ring (bicyclic) bond motifs is 1. The van der Waals surface area contributed by atoms with Crippen LogP contribution in [0.4, 0.5) is 5.69 Å². The SMILES string of the molecule is CNc1cc2c(cc1C)CN(C)CC2. The molecule has 0 atom stereocenters. The molecule has 0 saturated carbocycles. The van der Waals surface area contributed by atoms with Gasteiger partial charge in [0.15, 0.2) is 0 Å². The van der Waals surface area contributed by atoms with E-state index in [0.29, 0.717) is 0 Å². The second-order valence-electron chi connectivity index (χ2n) is 4.17. The van der Waals surface area contributed by atoms with Gasteiger partial charge in [-0.1, -0.05) is 6.07 Å². The molecular weight excluding hydrogens is 172 g/mol. The molecule has 1 aliphatic heterocycles. The third kappa shape index (κ3) is 1.62. The van der Waals surface area contributed by atoms with Crippen molar-refractivity contribution in [1.82, 2.24) is 4.90 Å². The summed E-state index contributed by atoms with van der Waals surface area (Å²) in [5, 5.41) is 3.24. The van der Waals surface area contributed by atoms with E-state index in [1.807, 2.05) is 7.05 Å². The predicted octanol–water partition coefficient (Wildman–Crippen LogP) is 2.02. The number of aryl methyl sites for hydroxylation is 1. The van der Waals surface area contributed by atoms with Gasteiger partial charge in [-0.05, 0) is 43.1 Å². The Labute approximate surface area is 85.9 Å². The Morgan fingerprint density at radius 3 is 2.79 bits per heavy atom. The van der Waals surface area contributed by atoms with E-state index < -0.39 is 0 Å². The van der Waals surface area contributed by atoms with Crippen LogP contribution >= 0.6 is 0 Å². The van der Waals surface area contributed by atoms with E-state index in [0.717, 1.165) is 6.54 Å². The molecule has 76 valence electrons. The minimum atomic E-state index is 1.10. The summed E-state index contributed by atoms with van der Waals surface area (Å²) in [4.78, 5) is 2.38. The van der Waals surface area contributed by atoms with E-state index >= 15 is 0 Å². The Kier molecular flexibility index (Phi) is 2.46. The first kappa shape index (κ1) is 9.53. The summed E-state index contributed by atoms with van der Waals surface area (Å²) in [6, 6.07) is 4.62. The van der Waals surface area contributed by atoms with Gasteiger partial charge >= 0.3 is 0 Å². The maximum Gasteiger partial charge on any atom is 0.0370 e. The Morgan fingerprint density at radius 2 is 2.07 bits per heavy atom. The topological polar surface area (TPSA) is 15.3 Å². The van der Waals surface area contributed by atoms with Gasteiger partial charge in [-0.15, -0.1) is 0 Å². The maximum absolute atomic E-state index is 3.24. The highest BCUT2D eigenvalue weighted by molar-refractivity contribution is 5.55. The van der Waals surface area contributed by atoms with Crippen molar-refractivity contribution in [1.29, 1.82) is 0 Å². The smallest absolute Gasteiger partial charge is 0.0370 e. The van der Waals surface area contributed by atoms with Gasteiger partial charge < -0.3 is 10.2 Å². The molecule has 0 spiro atoms. The highest BCUT2D eigenvalue weighted by atomic mass is 15.1. The number of nitrogens with one attached hydrogen (secondary N) is 1. The molecular formula is C12H18N2. The average molecular weight is 190 g/mol. The van der Waals surface area contributed by atoms with Gasteiger partial charge in [-0.25, -0.2) is 0 Å². The van der Waals surface area contributed by atoms with Gasteiger partial charge in [0.25, 0.3) is 0 Å². The summed E-state index contributed by atoms with van der Waals surface area (Å²) < 4.78 is 0. The minimum Gasteiger partial charge on any atom is -0.388 e. The van der Waals surface area contributed by atoms with E-state index in [1.165, 1.54) is 35.3 Å². The zero-order chi connectivity index (χ0) is 10.1. The van der Waals surface area contributed by atoms with Gasteiger partial charge in [0.05, 0.1) is 0 Å². The van der Waals surface area contributed by atoms with Crippen LogP contribution < -0.4 is 5.32 Å². The third-order valence-electron chi connectivity index (χ3n) is 3.02. The van der Waals surface area contributed by atoms with Crippen LogP contribution in [-0.2, 0) is 13.0 Å². The van der Waals surface area contributed by atoms with Crippen LogP contribution in [0.25, 0.3) is 0 Å². The van der Waals surface area contributed by atoms with Crippen molar-refractivity contribution in [2.75, 3.05) is 26.0 Å². The van der Waals surface area contributed by atoms with Crippen LogP contribution in [0.2, 0.25) is 0 Å². The van der Waals surface area contributed by atoms with Crippen molar-refractivity contribution >= 4 is 5.69 Å². The van der Waals surface area contributed by atoms with E-state index in [1.54, 1.807) is 0 Å². The number of hydrogen-bond acceptors (Lipinski definition) is 2. The van der Waals surface area contributed by atoms with Crippen molar-refractivity contribution in [3.05, 3.63) is 28.8 Å². The Balaban J connectivity index is 2.40. The van der Waals surface area contributed by atoms with Gasteiger partial charge in [0.1, 0.15) is 0 Å². The summed E-state index contributed by atoms with van der Waals surface area (Å²) in [6.07, 6.45) is 1.18. The molecule has 0 fully saturated rings. The fourth-order valence-electron chi connectivity index (χ4n) is 2.14. The predicted molar refractivity (Wildman–Crippen MR) is 60.8 cm³/mol. The van der Waals surface area contributed by atoms with Crippen LogP contribution in [-0.4, -0.2) is 25.5 Å². The van der Waals surface area contributed by atoms with Crippen LogP contribution in [0.3, 0.4) is 0 Å². The minimum absolute atomic E-state index is 1.10. The van der Waals surface area contributed by atoms with Crippen molar-refractivity contribution in [2.45, 2.75) is 19.9 Å². The maximum atomic E-state index is 3.24.